The van der Waals surface area contributed by atoms with Gasteiger partial charge in [-0.3, -0.25) is 9.59 Å². The summed E-state index contributed by atoms with van der Waals surface area (Å²) in [7, 11) is 0. The van der Waals surface area contributed by atoms with Gasteiger partial charge in [-0.05, 0) is 46.9 Å². The smallest absolute Gasteiger partial charge is 0.238 e. The average molecular weight is 496 g/mol. The van der Waals surface area contributed by atoms with E-state index in [1.807, 2.05) is 61.5 Å². The molecule has 0 radical (unpaired) electrons. The number of allylic oxidation sites excluding steroid dienone is 3. The van der Waals surface area contributed by atoms with Crippen LogP contribution in [0.25, 0.3) is 5.57 Å². The van der Waals surface area contributed by atoms with Crippen molar-refractivity contribution in [3.63, 3.8) is 0 Å². The number of benzene rings is 3. The average Bonchev–Trinajstić information content (AvgIpc) is 3.47. The third kappa shape index (κ3) is 3.01. The van der Waals surface area contributed by atoms with Gasteiger partial charge in [-0.25, -0.2) is 4.90 Å². The summed E-state index contributed by atoms with van der Waals surface area (Å²) in [6.45, 7) is 1.99. The van der Waals surface area contributed by atoms with Crippen molar-refractivity contribution in [3.05, 3.63) is 118 Å². The molecule has 33 heavy (non-hydrogen) atoms. The van der Waals surface area contributed by atoms with E-state index in [1.54, 1.807) is 0 Å². The van der Waals surface area contributed by atoms with Gasteiger partial charge in [0.05, 0.1) is 17.5 Å². The number of hydrogen-bond donors (Lipinski definition) is 0. The lowest BCUT2D eigenvalue weighted by Gasteiger charge is -2.22. The van der Waals surface area contributed by atoms with Gasteiger partial charge in [0.25, 0.3) is 0 Å². The minimum absolute atomic E-state index is 0.0641. The highest BCUT2D eigenvalue weighted by Crippen LogP contribution is 2.58. The van der Waals surface area contributed by atoms with Crippen LogP contribution in [0.4, 0.5) is 5.69 Å². The summed E-state index contributed by atoms with van der Waals surface area (Å²) in [5.41, 5.74) is 6.31. The molecule has 3 aliphatic rings. The summed E-state index contributed by atoms with van der Waals surface area (Å²) >= 11 is 3.54. The minimum atomic E-state index is -0.343. The fourth-order valence-corrected chi connectivity index (χ4v) is 6.15. The van der Waals surface area contributed by atoms with E-state index < -0.39 is 0 Å². The van der Waals surface area contributed by atoms with Crippen LogP contribution in [0.2, 0.25) is 0 Å². The third-order valence-electron chi connectivity index (χ3n) is 7.24. The highest BCUT2D eigenvalue weighted by molar-refractivity contribution is 9.10. The number of fused-ring (bicyclic) bond motifs is 5. The molecule has 0 aromatic heterocycles. The van der Waals surface area contributed by atoms with E-state index in [0.717, 1.165) is 26.7 Å². The van der Waals surface area contributed by atoms with Crippen molar-refractivity contribution in [2.75, 3.05) is 4.90 Å². The predicted octanol–water partition coefficient (Wildman–Crippen LogP) is 6.18. The van der Waals surface area contributed by atoms with Crippen LogP contribution < -0.4 is 4.90 Å². The lowest BCUT2D eigenvalue weighted by Crippen LogP contribution is -2.33. The first-order valence-corrected chi connectivity index (χ1v) is 12.0. The number of rotatable bonds is 3. The minimum Gasteiger partial charge on any atom is -0.274 e. The molecule has 3 aromatic carbocycles. The highest BCUT2D eigenvalue weighted by Gasteiger charge is 2.62. The van der Waals surface area contributed by atoms with Crippen molar-refractivity contribution in [1.29, 1.82) is 0 Å². The van der Waals surface area contributed by atoms with Gasteiger partial charge in [0.15, 0.2) is 0 Å². The topological polar surface area (TPSA) is 37.4 Å². The largest absolute Gasteiger partial charge is 0.274 e. The Morgan fingerprint density at radius 1 is 0.758 bits per heavy atom. The number of anilines is 1. The van der Waals surface area contributed by atoms with Gasteiger partial charge < -0.3 is 0 Å². The van der Waals surface area contributed by atoms with Crippen molar-refractivity contribution in [2.45, 2.75) is 6.92 Å². The van der Waals surface area contributed by atoms with Crippen molar-refractivity contribution >= 4 is 39.0 Å². The number of carbonyl (C=O) groups is 2. The molecule has 0 unspecified atom stereocenters. The quantitative estimate of drug-likeness (QED) is 0.321. The van der Waals surface area contributed by atoms with E-state index in [1.165, 1.54) is 10.5 Å². The van der Waals surface area contributed by atoms with Crippen molar-refractivity contribution in [2.24, 2.45) is 23.7 Å². The number of aryl methyl sites for hydroxylation is 1. The molecule has 0 N–H and O–H groups in total. The Bertz CT molecular complexity index is 1270. The molecule has 162 valence electrons. The molecule has 1 saturated heterocycles. The van der Waals surface area contributed by atoms with E-state index in [-0.39, 0.29) is 35.5 Å². The third-order valence-corrected chi connectivity index (χ3v) is 8.10. The molecule has 1 aliphatic heterocycles. The lowest BCUT2D eigenvalue weighted by molar-refractivity contribution is -0.122. The Morgan fingerprint density at radius 2 is 1.27 bits per heavy atom. The number of amides is 2. The van der Waals surface area contributed by atoms with Gasteiger partial charge in [0.1, 0.15) is 0 Å². The second kappa shape index (κ2) is 7.67. The van der Waals surface area contributed by atoms with Crippen LogP contribution in [-0.2, 0) is 9.59 Å². The molecule has 2 bridgehead atoms. The highest BCUT2D eigenvalue weighted by atomic mass is 79.9. The second-order valence-electron chi connectivity index (χ2n) is 9.00. The molecule has 0 spiro atoms. The maximum Gasteiger partial charge on any atom is 0.238 e. The summed E-state index contributed by atoms with van der Waals surface area (Å²) in [6, 6.07) is 26.3. The molecule has 2 aliphatic carbocycles. The monoisotopic (exact) mass is 495 g/mol. The first-order valence-electron chi connectivity index (χ1n) is 11.2. The van der Waals surface area contributed by atoms with Crippen LogP contribution >= 0.6 is 15.9 Å². The SMILES string of the molecule is Cc1ccc(N2C(=O)[C@H]3[C@H](C2=O)[C@H]2C=C[C@H]3C2=C(c2ccccc2)c2ccccc2)cc1Br. The van der Waals surface area contributed by atoms with E-state index in [0.29, 0.717) is 5.69 Å². The Kier molecular flexibility index (Phi) is 4.73. The number of halogens is 1. The Balaban J connectivity index is 1.48. The maximum atomic E-state index is 13.7. The first kappa shape index (κ1) is 20.4. The molecule has 4 heteroatoms. The van der Waals surface area contributed by atoms with Crippen LogP contribution in [0.15, 0.2) is 101 Å². The van der Waals surface area contributed by atoms with Crippen LogP contribution in [0, 0.1) is 30.6 Å². The molecule has 3 aromatic rings. The summed E-state index contributed by atoms with van der Waals surface area (Å²) in [5, 5.41) is 0. The molecular weight excluding hydrogens is 474 g/mol. The lowest BCUT2D eigenvalue weighted by atomic mass is 9.85. The molecular formula is C29H22BrNO2. The van der Waals surface area contributed by atoms with Crippen molar-refractivity contribution < 1.29 is 9.59 Å². The normalized spacial score (nSPS) is 25.2. The fraction of sp³-hybridized carbons (Fsp3) is 0.172. The zero-order chi connectivity index (χ0) is 22.7. The Morgan fingerprint density at radius 3 is 1.76 bits per heavy atom. The van der Waals surface area contributed by atoms with Gasteiger partial charge in [-0.15, -0.1) is 0 Å². The standard InChI is InChI=1S/C29H22BrNO2/c1-17-12-13-20(16-23(17)30)31-28(32)26-21-14-15-22(27(26)29(31)33)25(21)24(18-8-4-2-5-9-18)19-10-6-3-7-11-19/h2-16,21-22,26-27H,1H3/t21-,22-,26+,27+/m0/s1. The number of carbonyl (C=O) groups excluding carboxylic acids is 2. The van der Waals surface area contributed by atoms with E-state index in [4.69, 9.17) is 0 Å². The van der Waals surface area contributed by atoms with Crippen LogP contribution in [0.3, 0.4) is 0 Å². The van der Waals surface area contributed by atoms with Gasteiger partial charge in [0.2, 0.25) is 11.8 Å². The van der Waals surface area contributed by atoms with Gasteiger partial charge in [-0.1, -0.05) is 94.8 Å². The second-order valence-corrected chi connectivity index (χ2v) is 9.85. The molecule has 3 nitrogen and oxygen atoms in total. The Labute approximate surface area is 201 Å². The van der Waals surface area contributed by atoms with E-state index in [2.05, 4.69) is 52.3 Å². The van der Waals surface area contributed by atoms with Gasteiger partial charge >= 0.3 is 0 Å². The first-order chi connectivity index (χ1) is 16.1. The van der Waals surface area contributed by atoms with Gasteiger partial charge in [0, 0.05) is 16.3 Å². The maximum absolute atomic E-state index is 13.7. The Hall–Kier alpha value is -3.24. The molecule has 4 atom stereocenters. The molecule has 6 rings (SSSR count). The number of imide groups is 1. The van der Waals surface area contributed by atoms with Crippen LogP contribution in [0.5, 0.6) is 0 Å². The molecule has 2 amide bonds. The summed E-state index contributed by atoms with van der Waals surface area (Å²) in [5.74, 6) is -0.988. The van der Waals surface area contributed by atoms with E-state index in [9.17, 15) is 9.59 Å². The zero-order valence-electron chi connectivity index (χ0n) is 18.1. The van der Waals surface area contributed by atoms with Crippen molar-refractivity contribution in [3.8, 4) is 0 Å². The zero-order valence-corrected chi connectivity index (χ0v) is 19.7. The van der Waals surface area contributed by atoms with Crippen molar-refractivity contribution in [1.82, 2.24) is 0 Å². The van der Waals surface area contributed by atoms with Crippen LogP contribution in [-0.4, -0.2) is 11.8 Å². The molecule has 2 fully saturated rings. The number of nitrogens with zero attached hydrogens (tertiary/aromatic N) is 1. The fourth-order valence-electron chi connectivity index (χ4n) is 5.78. The molecule has 1 heterocycles. The van der Waals surface area contributed by atoms with E-state index >= 15 is 0 Å². The predicted molar refractivity (Wildman–Crippen MR) is 133 cm³/mol. The number of hydrogen-bond acceptors (Lipinski definition) is 2. The molecule has 1 saturated carbocycles. The van der Waals surface area contributed by atoms with Crippen LogP contribution in [0.1, 0.15) is 16.7 Å². The summed E-state index contributed by atoms with van der Waals surface area (Å²) < 4.78 is 0.898. The summed E-state index contributed by atoms with van der Waals surface area (Å²) in [6.07, 6.45) is 4.29. The summed E-state index contributed by atoms with van der Waals surface area (Å²) in [4.78, 5) is 28.7. The van der Waals surface area contributed by atoms with Gasteiger partial charge in [-0.2, -0.15) is 0 Å².